The SMILES string of the molecule is c1ccc2cc(-c3c4ccccc4c(-c4cc5c6ccccc6n(-c6nc7ccccc7c7nc8ccccc8n67)c5c5ccccc45)c4ccccc34)ccc2c1. The number of fused-ring (bicyclic) bond motifs is 13. The van der Waals surface area contributed by atoms with Gasteiger partial charge in [0, 0.05) is 21.5 Å². The number of rotatable bonds is 3. The zero-order valence-electron chi connectivity index (χ0n) is 31.3. The van der Waals surface area contributed by atoms with E-state index in [1.807, 2.05) is 0 Å². The maximum absolute atomic E-state index is 5.48. The van der Waals surface area contributed by atoms with Gasteiger partial charge in [-0.05, 0) is 102 Å². The van der Waals surface area contributed by atoms with Gasteiger partial charge >= 0.3 is 0 Å². The fourth-order valence-corrected chi connectivity index (χ4v) is 9.79. The Balaban J connectivity index is 1.18. The van der Waals surface area contributed by atoms with Crippen LogP contribution in [0.5, 0.6) is 0 Å². The van der Waals surface area contributed by atoms with Gasteiger partial charge in [-0.15, -0.1) is 0 Å². The molecule has 10 aromatic carbocycles. The summed E-state index contributed by atoms with van der Waals surface area (Å²) < 4.78 is 4.63. The maximum atomic E-state index is 5.48. The Bertz CT molecular complexity index is 3810. The summed E-state index contributed by atoms with van der Waals surface area (Å²) in [6.45, 7) is 0. The average Bonchev–Trinajstić information content (AvgIpc) is 3.84. The van der Waals surface area contributed by atoms with Crippen molar-refractivity contribution in [3.05, 3.63) is 194 Å². The van der Waals surface area contributed by atoms with Gasteiger partial charge in [0.1, 0.15) is 5.65 Å². The summed E-state index contributed by atoms with van der Waals surface area (Å²) in [5.41, 5.74) is 11.0. The molecule has 3 heterocycles. The van der Waals surface area contributed by atoms with E-state index in [2.05, 4.69) is 203 Å². The lowest BCUT2D eigenvalue weighted by molar-refractivity contribution is 0.982. The zero-order valence-corrected chi connectivity index (χ0v) is 31.3. The Morgan fingerprint density at radius 2 is 0.897 bits per heavy atom. The molecule has 0 spiro atoms. The van der Waals surface area contributed by atoms with Gasteiger partial charge in [-0.25, -0.2) is 9.97 Å². The monoisotopic (exact) mass is 736 g/mol. The number of hydrogen-bond acceptors (Lipinski definition) is 2. The lowest BCUT2D eigenvalue weighted by Crippen LogP contribution is -2.06. The van der Waals surface area contributed by atoms with Crippen LogP contribution in [-0.2, 0) is 0 Å². The summed E-state index contributed by atoms with van der Waals surface area (Å²) in [6.07, 6.45) is 0. The van der Waals surface area contributed by atoms with Crippen LogP contribution in [0.2, 0.25) is 0 Å². The highest BCUT2D eigenvalue weighted by molar-refractivity contribution is 6.28. The number of benzene rings is 10. The second kappa shape index (κ2) is 11.8. The van der Waals surface area contributed by atoms with Crippen LogP contribution in [-0.4, -0.2) is 18.9 Å². The smallest absolute Gasteiger partial charge is 0.221 e. The van der Waals surface area contributed by atoms with Crippen molar-refractivity contribution in [2.24, 2.45) is 0 Å². The van der Waals surface area contributed by atoms with Crippen LogP contribution >= 0.6 is 0 Å². The molecule has 4 nitrogen and oxygen atoms in total. The molecule has 0 atom stereocenters. The number of nitrogens with zero attached hydrogens (tertiary/aromatic N) is 4. The Morgan fingerprint density at radius 1 is 0.345 bits per heavy atom. The van der Waals surface area contributed by atoms with Crippen molar-refractivity contribution < 1.29 is 0 Å². The van der Waals surface area contributed by atoms with E-state index in [0.717, 1.165) is 44.6 Å². The molecule has 13 aromatic rings. The highest BCUT2D eigenvalue weighted by Crippen LogP contribution is 2.48. The first-order valence-electron chi connectivity index (χ1n) is 19.8. The summed E-state index contributed by atoms with van der Waals surface area (Å²) in [6, 6.07) is 70.4. The molecule has 0 N–H and O–H groups in total. The van der Waals surface area contributed by atoms with Crippen molar-refractivity contribution in [1.29, 1.82) is 0 Å². The number of para-hydroxylation sites is 4. The van der Waals surface area contributed by atoms with Crippen LogP contribution in [0, 0.1) is 0 Å². The van der Waals surface area contributed by atoms with Gasteiger partial charge in [0.15, 0.2) is 0 Å². The highest BCUT2D eigenvalue weighted by atomic mass is 15.2. The number of imidazole rings is 1. The molecule has 4 heteroatoms. The van der Waals surface area contributed by atoms with E-state index in [4.69, 9.17) is 9.97 Å². The number of aromatic nitrogens is 4. The van der Waals surface area contributed by atoms with Crippen LogP contribution < -0.4 is 0 Å². The topological polar surface area (TPSA) is 35.1 Å². The Morgan fingerprint density at radius 3 is 1.64 bits per heavy atom. The Labute approximate surface area is 332 Å². The van der Waals surface area contributed by atoms with Crippen LogP contribution in [0.4, 0.5) is 0 Å². The second-order valence-corrected chi connectivity index (χ2v) is 15.3. The molecule has 58 heavy (non-hydrogen) atoms. The quantitative estimate of drug-likeness (QED) is 0.169. The first-order chi connectivity index (χ1) is 28.8. The van der Waals surface area contributed by atoms with Crippen LogP contribution in [0.3, 0.4) is 0 Å². The molecule has 0 saturated heterocycles. The van der Waals surface area contributed by atoms with E-state index in [1.54, 1.807) is 0 Å². The van der Waals surface area contributed by atoms with Crippen LogP contribution in [0.25, 0.3) is 121 Å². The zero-order chi connectivity index (χ0) is 37.9. The van der Waals surface area contributed by atoms with E-state index in [0.29, 0.717) is 0 Å². The summed E-state index contributed by atoms with van der Waals surface area (Å²) in [7, 11) is 0. The summed E-state index contributed by atoms with van der Waals surface area (Å²) in [4.78, 5) is 10.7. The van der Waals surface area contributed by atoms with Gasteiger partial charge in [-0.3, -0.25) is 8.97 Å². The predicted molar refractivity (Wildman–Crippen MR) is 243 cm³/mol. The molecule has 268 valence electrons. The second-order valence-electron chi connectivity index (χ2n) is 15.3. The Hall–Kier alpha value is -7.82. The van der Waals surface area contributed by atoms with Crippen molar-refractivity contribution in [3.8, 4) is 28.2 Å². The minimum Gasteiger partial charge on any atom is -0.278 e. The van der Waals surface area contributed by atoms with Crippen molar-refractivity contribution in [3.63, 3.8) is 0 Å². The molecule has 0 amide bonds. The van der Waals surface area contributed by atoms with Crippen molar-refractivity contribution in [1.82, 2.24) is 18.9 Å². The maximum Gasteiger partial charge on any atom is 0.221 e. The molecule has 0 saturated carbocycles. The molecular formula is C54H32N4. The van der Waals surface area contributed by atoms with Crippen molar-refractivity contribution in [2.75, 3.05) is 0 Å². The van der Waals surface area contributed by atoms with E-state index >= 15 is 0 Å². The third-order valence-corrected chi connectivity index (χ3v) is 12.2. The van der Waals surface area contributed by atoms with Gasteiger partial charge in [-0.1, -0.05) is 152 Å². The van der Waals surface area contributed by atoms with Gasteiger partial charge in [-0.2, -0.15) is 0 Å². The Kier molecular flexibility index (Phi) is 6.41. The fourth-order valence-electron chi connectivity index (χ4n) is 9.79. The van der Waals surface area contributed by atoms with E-state index in [9.17, 15) is 0 Å². The molecule has 3 aromatic heterocycles. The van der Waals surface area contributed by atoms with Crippen molar-refractivity contribution in [2.45, 2.75) is 0 Å². The van der Waals surface area contributed by atoms with Crippen LogP contribution in [0.15, 0.2) is 194 Å². The minimum absolute atomic E-state index is 0.821. The minimum atomic E-state index is 0.821. The summed E-state index contributed by atoms with van der Waals surface area (Å²) >= 11 is 0. The molecule has 0 aliphatic heterocycles. The molecule has 13 rings (SSSR count). The lowest BCUT2D eigenvalue weighted by atomic mass is 9.84. The lowest BCUT2D eigenvalue weighted by Gasteiger charge is -2.20. The standard InChI is InChI=1S/C54H32N4/c1-2-16-34-31-35(30-29-33(34)15-1)50-38-19-4-6-21-40(38)51(41-22-7-5-20-39(41)50)44-32-45-37-18-10-13-27-48(37)57(52(45)42-23-8-3-17-36(42)44)54-56-46-25-11-9-24-43(46)53-55-47-26-12-14-28-49(47)58(53)54/h1-32H. The number of hydrogen-bond donors (Lipinski definition) is 0. The largest absolute Gasteiger partial charge is 0.278 e. The van der Waals surface area contributed by atoms with E-state index in [1.165, 1.54) is 76.1 Å². The first kappa shape index (κ1) is 31.4. The van der Waals surface area contributed by atoms with Gasteiger partial charge in [0.05, 0.1) is 27.6 Å². The van der Waals surface area contributed by atoms with Gasteiger partial charge < -0.3 is 0 Å². The van der Waals surface area contributed by atoms with Crippen molar-refractivity contribution >= 4 is 92.5 Å². The van der Waals surface area contributed by atoms with Gasteiger partial charge in [0.25, 0.3) is 0 Å². The molecule has 0 bridgehead atoms. The highest BCUT2D eigenvalue weighted by Gasteiger charge is 2.24. The fraction of sp³-hybridized carbons (Fsp3) is 0. The molecule has 0 radical (unpaired) electrons. The van der Waals surface area contributed by atoms with E-state index < -0.39 is 0 Å². The van der Waals surface area contributed by atoms with Crippen LogP contribution in [0.1, 0.15) is 0 Å². The van der Waals surface area contributed by atoms with Gasteiger partial charge in [0.2, 0.25) is 5.95 Å². The average molecular weight is 737 g/mol. The molecule has 0 aliphatic carbocycles. The summed E-state index contributed by atoms with van der Waals surface area (Å²) in [5, 5.41) is 13.2. The summed E-state index contributed by atoms with van der Waals surface area (Å²) in [5.74, 6) is 0.821. The third-order valence-electron chi connectivity index (χ3n) is 12.2. The van der Waals surface area contributed by atoms with E-state index in [-0.39, 0.29) is 0 Å². The molecular weight excluding hydrogens is 705 g/mol. The normalized spacial score (nSPS) is 12.1. The first-order valence-corrected chi connectivity index (χ1v) is 19.8. The predicted octanol–water partition coefficient (Wildman–Crippen LogP) is 14.1. The molecule has 0 unspecified atom stereocenters. The molecule has 0 aliphatic rings. The third kappa shape index (κ3) is 4.29. The molecule has 0 fully saturated rings.